The summed E-state index contributed by atoms with van der Waals surface area (Å²) in [6.45, 7) is 9.90. The van der Waals surface area contributed by atoms with Gasteiger partial charge in [0.1, 0.15) is 5.82 Å². The second-order valence-electron chi connectivity index (χ2n) is 4.97. The van der Waals surface area contributed by atoms with Crippen molar-refractivity contribution in [3.63, 3.8) is 0 Å². The van der Waals surface area contributed by atoms with Crippen molar-refractivity contribution in [3.05, 3.63) is 11.8 Å². The molecule has 5 heteroatoms. The molecule has 0 aromatic carbocycles. The van der Waals surface area contributed by atoms with Gasteiger partial charge in [0.25, 0.3) is 0 Å². The number of hydrogen-bond donors (Lipinski definition) is 3. The fraction of sp³-hybridized carbons (Fsp3) is 0.714. The Morgan fingerprint density at radius 3 is 2.37 bits per heavy atom. The Morgan fingerprint density at radius 1 is 1.16 bits per heavy atom. The molecule has 0 aliphatic carbocycles. The van der Waals surface area contributed by atoms with Gasteiger partial charge >= 0.3 is 0 Å². The third kappa shape index (κ3) is 4.35. The van der Waals surface area contributed by atoms with E-state index in [0.717, 1.165) is 37.4 Å². The van der Waals surface area contributed by atoms with Crippen molar-refractivity contribution in [3.8, 4) is 0 Å². The molecule has 0 saturated heterocycles. The van der Waals surface area contributed by atoms with Crippen LogP contribution in [0.4, 0.5) is 11.8 Å². The Bertz CT molecular complexity index is 383. The average Bonchev–Trinajstić information content (AvgIpc) is 2.41. The van der Waals surface area contributed by atoms with Crippen LogP contribution in [-0.4, -0.2) is 34.8 Å². The van der Waals surface area contributed by atoms with E-state index in [1.807, 2.05) is 19.9 Å². The van der Waals surface area contributed by atoms with Gasteiger partial charge in [-0.1, -0.05) is 13.8 Å². The normalized spacial score (nSPS) is 11.4. The number of nitrogens with one attached hydrogen (secondary N) is 2. The van der Waals surface area contributed by atoms with Gasteiger partial charge in [0.15, 0.2) is 0 Å². The Balaban J connectivity index is 2.76. The van der Waals surface area contributed by atoms with E-state index >= 15 is 0 Å². The summed E-state index contributed by atoms with van der Waals surface area (Å²) in [6.07, 6.45) is 1.88. The van der Waals surface area contributed by atoms with E-state index in [-0.39, 0.29) is 12.0 Å². The van der Waals surface area contributed by atoms with Gasteiger partial charge in [0.05, 0.1) is 6.61 Å². The van der Waals surface area contributed by atoms with Gasteiger partial charge < -0.3 is 15.7 Å². The van der Waals surface area contributed by atoms with Crippen LogP contribution in [0.2, 0.25) is 0 Å². The Kier molecular flexibility index (Phi) is 6.02. The Hall–Kier alpha value is -1.36. The minimum Gasteiger partial charge on any atom is -0.396 e. The molecule has 0 atom stereocenters. The quantitative estimate of drug-likeness (QED) is 0.674. The third-order valence-electron chi connectivity index (χ3n) is 3.67. The highest BCUT2D eigenvalue weighted by atomic mass is 16.3. The summed E-state index contributed by atoms with van der Waals surface area (Å²) in [5, 5.41) is 16.0. The summed E-state index contributed by atoms with van der Waals surface area (Å²) < 4.78 is 0. The maximum atomic E-state index is 9.56. The fourth-order valence-electron chi connectivity index (χ4n) is 1.95. The van der Waals surface area contributed by atoms with Crippen LogP contribution in [0.1, 0.15) is 39.3 Å². The van der Waals surface area contributed by atoms with Crippen molar-refractivity contribution in [1.29, 1.82) is 0 Å². The van der Waals surface area contributed by atoms with Crippen molar-refractivity contribution in [2.45, 2.75) is 40.5 Å². The molecule has 0 saturated carbocycles. The molecule has 0 radical (unpaired) electrons. The molecule has 1 aromatic rings. The van der Waals surface area contributed by atoms with Crippen LogP contribution in [0.5, 0.6) is 0 Å². The predicted octanol–water partition coefficient (Wildman–Crippen LogP) is 2.43. The van der Waals surface area contributed by atoms with Crippen molar-refractivity contribution in [2.24, 2.45) is 5.41 Å². The van der Waals surface area contributed by atoms with E-state index < -0.39 is 0 Å². The van der Waals surface area contributed by atoms with E-state index in [1.54, 1.807) is 0 Å². The zero-order valence-corrected chi connectivity index (χ0v) is 12.5. The molecule has 0 unspecified atom stereocenters. The van der Waals surface area contributed by atoms with Crippen LogP contribution in [0, 0.1) is 12.3 Å². The lowest BCUT2D eigenvalue weighted by Crippen LogP contribution is -2.32. The number of aliphatic hydroxyl groups excluding tert-OH is 1. The zero-order valence-electron chi connectivity index (χ0n) is 12.5. The first-order valence-corrected chi connectivity index (χ1v) is 7.03. The standard InChI is InChI=1S/C14H26N4O/c1-5-14(6-2,10-19)9-16-12-8-11(4)17-13(18-12)15-7-3/h8,19H,5-7,9-10H2,1-4H3,(H2,15,16,17,18). The average molecular weight is 266 g/mol. The lowest BCUT2D eigenvalue weighted by atomic mass is 9.83. The lowest BCUT2D eigenvalue weighted by Gasteiger charge is -2.29. The Morgan fingerprint density at radius 2 is 1.84 bits per heavy atom. The number of anilines is 2. The summed E-state index contributed by atoms with van der Waals surface area (Å²) in [6, 6.07) is 1.92. The van der Waals surface area contributed by atoms with Gasteiger partial charge in [-0.25, -0.2) is 4.98 Å². The molecule has 19 heavy (non-hydrogen) atoms. The van der Waals surface area contributed by atoms with Gasteiger partial charge in [-0.2, -0.15) is 4.98 Å². The molecule has 0 amide bonds. The highest BCUT2D eigenvalue weighted by molar-refractivity contribution is 5.42. The molecule has 0 aliphatic rings. The highest BCUT2D eigenvalue weighted by Crippen LogP contribution is 2.26. The third-order valence-corrected chi connectivity index (χ3v) is 3.67. The maximum Gasteiger partial charge on any atom is 0.224 e. The number of nitrogens with zero attached hydrogens (tertiary/aromatic N) is 2. The second kappa shape index (κ2) is 7.28. The first kappa shape index (κ1) is 15.7. The molecule has 5 nitrogen and oxygen atoms in total. The largest absolute Gasteiger partial charge is 0.396 e. The molecule has 1 aromatic heterocycles. The number of rotatable bonds is 8. The van der Waals surface area contributed by atoms with E-state index in [9.17, 15) is 5.11 Å². The Labute approximate surface area is 115 Å². The van der Waals surface area contributed by atoms with Gasteiger partial charge in [-0.3, -0.25) is 0 Å². The van der Waals surface area contributed by atoms with Gasteiger partial charge in [-0.05, 0) is 26.7 Å². The summed E-state index contributed by atoms with van der Waals surface area (Å²) in [4.78, 5) is 8.73. The van der Waals surface area contributed by atoms with E-state index in [2.05, 4.69) is 34.4 Å². The molecule has 0 aliphatic heterocycles. The molecule has 1 heterocycles. The monoisotopic (exact) mass is 266 g/mol. The first-order chi connectivity index (χ1) is 9.09. The van der Waals surface area contributed by atoms with Crippen LogP contribution in [0.15, 0.2) is 6.07 Å². The maximum absolute atomic E-state index is 9.56. The summed E-state index contributed by atoms with van der Waals surface area (Å²) in [5.74, 6) is 1.45. The van der Waals surface area contributed by atoms with Gasteiger partial charge in [0, 0.05) is 30.3 Å². The highest BCUT2D eigenvalue weighted by Gasteiger charge is 2.25. The van der Waals surface area contributed by atoms with Crippen LogP contribution < -0.4 is 10.6 Å². The lowest BCUT2D eigenvalue weighted by molar-refractivity contribution is 0.127. The van der Waals surface area contributed by atoms with Crippen molar-refractivity contribution < 1.29 is 5.11 Å². The molecule has 0 fully saturated rings. The van der Waals surface area contributed by atoms with Crippen LogP contribution in [-0.2, 0) is 0 Å². The van der Waals surface area contributed by atoms with Crippen LogP contribution in [0.3, 0.4) is 0 Å². The van der Waals surface area contributed by atoms with Crippen molar-refractivity contribution in [2.75, 3.05) is 30.3 Å². The molecular weight excluding hydrogens is 240 g/mol. The summed E-state index contributed by atoms with van der Waals surface area (Å²) in [7, 11) is 0. The molecule has 3 N–H and O–H groups in total. The number of aliphatic hydroxyl groups is 1. The van der Waals surface area contributed by atoms with Crippen LogP contribution >= 0.6 is 0 Å². The van der Waals surface area contributed by atoms with E-state index in [0.29, 0.717) is 5.95 Å². The molecule has 1 rings (SSSR count). The minimum absolute atomic E-state index is 0.0722. The number of aryl methyl sites for hydroxylation is 1. The fourth-order valence-corrected chi connectivity index (χ4v) is 1.95. The van der Waals surface area contributed by atoms with Crippen molar-refractivity contribution >= 4 is 11.8 Å². The second-order valence-corrected chi connectivity index (χ2v) is 4.97. The van der Waals surface area contributed by atoms with E-state index in [4.69, 9.17) is 0 Å². The molecule has 0 bridgehead atoms. The van der Waals surface area contributed by atoms with Gasteiger partial charge in [0.2, 0.25) is 5.95 Å². The molecular formula is C14H26N4O. The van der Waals surface area contributed by atoms with Crippen LogP contribution in [0.25, 0.3) is 0 Å². The summed E-state index contributed by atoms with van der Waals surface area (Å²) in [5.41, 5.74) is 0.855. The molecule has 108 valence electrons. The van der Waals surface area contributed by atoms with E-state index in [1.165, 1.54) is 0 Å². The number of hydrogen-bond acceptors (Lipinski definition) is 5. The smallest absolute Gasteiger partial charge is 0.224 e. The predicted molar refractivity (Wildman–Crippen MR) is 79.5 cm³/mol. The number of aromatic nitrogens is 2. The van der Waals surface area contributed by atoms with Crippen molar-refractivity contribution in [1.82, 2.24) is 9.97 Å². The zero-order chi connectivity index (χ0) is 14.3. The first-order valence-electron chi connectivity index (χ1n) is 7.03. The van der Waals surface area contributed by atoms with Gasteiger partial charge in [-0.15, -0.1) is 0 Å². The minimum atomic E-state index is -0.0722. The topological polar surface area (TPSA) is 70.1 Å². The SMILES string of the molecule is CCNc1nc(C)cc(NCC(CC)(CC)CO)n1. The summed E-state index contributed by atoms with van der Waals surface area (Å²) >= 11 is 0. The molecule has 0 spiro atoms.